The van der Waals surface area contributed by atoms with Gasteiger partial charge in [0.1, 0.15) is 10.7 Å². The zero-order valence-electron chi connectivity index (χ0n) is 11.6. The highest BCUT2D eigenvalue weighted by molar-refractivity contribution is 7.80. The number of hydrogen-bond acceptors (Lipinski definition) is 4. The quantitative estimate of drug-likeness (QED) is 0.876. The summed E-state index contributed by atoms with van der Waals surface area (Å²) < 4.78 is 11.2. The molecule has 0 spiro atoms. The third-order valence-corrected chi connectivity index (χ3v) is 3.03. The van der Waals surface area contributed by atoms with Crippen molar-refractivity contribution in [2.75, 3.05) is 7.11 Å². The zero-order chi connectivity index (χ0) is 14.7. The van der Waals surface area contributed by atoms with Crippen LogP contribution in [0.5, 0.6) is 17.2 Å². The molecule has 20 heavy (non-hydrogen) atoms. The Kier molecular flexibility index (Phi) is 4.20. The zero-order valence-corrected chi connectivity index (χ0v) is 12.5. The average molecular weight is 288 g/mol. The summed E-state index contributed by atoms with van der Waals surface area (Å²) >= 11 is 5.08. The van der Waals surface area contributed by atoms with Gasteiger partial charge < -0.3 is 15.2 Å². The molecule has 0 aliphatic heterocycles. The first-order valence-corrected chi connectivity index (χ1v) is 6.52. The summed E-state index contributed by atoms with van der Waals surface area (Å²) in [5, 5.41) is 0. The molecule has 0 radical (unpaired) electrons. The molecule has 0 amide bonds. The standard InChI is InChI=1S/C15H16N2O2S/c1-9-8-13(14(15(16)20)10(2)17-9)19-12-7-5-4-6-11(12)18-3/h4-8H,1-3H3,(H2,16,20). The lowest BCUT2D eigenvalue weighted by atomic mass is 10.1. The van der Waals surface area contributed by atoms with Crippen LogP contribution in [0.25, 0.3) is 0 Å². The molecule has 0 aliphatic carbocycles. The minimum absolute atomic E-state index is 0.264. The SMILES string of the molecule is COc1ccccc1Oc1cc(C)nc(C)c1C(N)=S. The predicted molar refractivity (Wildman–Crippen MR) is 82.7 cm³/mol. The molecule has 1 heterocycles. The summed E-state index contributed by atoms with van der Waals surface area (Å²) in [7, 11) is 1.60. The number of para-hydroxylation sites is 2. The van der Waals surface area contributed by atoms with Gasteiger partial charge in [-0.1, -0.05) is 24.4 Å². The third kappa shape index (κ3) is 2.88. The van der Waals surface area contributed by atoms with Crippen molar-refractivity contribution in [1.82, 2.24) is 4.98 Å². The van der Waals surface area contributed by atoms with Gasteiger partial charge in [0.2, 0.25) is 0 Å². The van der Waals surface area contributed by atoms with Crippen molar-refractivity contribution < 1.29 is 9.47 Å². The maximum Gasteiger partial charge on any atom is 0.169 e. The van der Waals surface area contributed by atoms with Gasteiger partial charge in [0, 0.05) is 11.8 Å². The van der Waals surface area contributed by atoms with Crippen molar-refractivity contribution in [2.45, 2.75) is 13.8 Å². The van der Waals surface area contributed by atoms with Gasteiger partial charge >= 0.3 is 0 Å². The average Bonchev–Trinajstić information content (AvgIpc) is 2.38. The van der Waals surface area contributed by atoms with Crippen LogP contribution in [0.4, 0.5) is 0 Å². The molecule has 0 unspecified atom stereocenters. The van der Waals surface area contributed by atoms with E-state index in [9.17, 15) is 0 Å². The van der Waals surface area contributed by atoms with E-state index < -0.39 is 0 Å². The van der Waals surface area contributed by atoms with Gasteiger partial charge in [0.25, 0.3) is 0 Å². The van der Waals surface area contributed by atoms with Crippen LogP contribution in [0.3, 0.4) is 0 Å². The van der Waals surface area contributed by atoms with Gasteiger partial charge in [-0.2, -0.15) is 0 Å². The number of nitrogens with two attached hydrogens (primary N) is 1. The molecular weight excluding hydrogens is 272 g/mol. The molecule has 4 nitrogen and oxygen atoms in total. The molecule has 5 heteroatoms. The maximum atomic E-state index is 5.92. The monoisotopic (exact) mass is 288 g/mol. The normalized spacial score (nSPS) is 10.2. The molecule has 2 aromatic rings. The van der Waals surface area contributed by atoms with E-state index in [0.717, 1.165) is 11.4 Å². The molecule has 104 valence electrons. The summed E-state index contributed by atoms with van der Waals surface area (Å²) in [5.74, 6) is 1.85. The molecule has 1 aromatic carbocycles. The topological polar surface area (TPSA) is 57.4 Å². The van der Waals surface area contributed by atoms with E-state index in [4.69, 9.17) is 27.4 Å². The van der Waals surface area contributed by atoms with Crippen LogP contribution in [0.1, 0.15) is 17.0 Å². The minimum atomic E-state index is 0.264. The Balaban J connectivity index is 2.50. The van der Waals surface area contributed by atoms with Crippen LogP contribution in [0.15, 0.2) is 30.3 Å². The lowest BCUT2D eigenvalue weighted by Crippen LogP contribution is -2.14. The predicted octanol–water partition coefficient (Wildman–Crippen LogP) is 3.13. The minimum Gasteiger partial charge on any atom is -0.493 e. The van der Waals surface area contributed by atoms with Crippen molar-refractivity contribution in [3.63, 3.8) is 0 Å². The summed E-state index contributed by atoms with van der Waals surface area (Å²) in [6.07, 6.45) is 0. The van der Waals surface area contributed by atoms with E-state index in [1.807, 2.05) is 44.2 Å². The number of hydrogen-bond donors (Lipinski definition) is 1. The second-order valence-electron chi connectivity index (χ2n) is 4.34. The van der Waals surface area contributed by atoms with Gasteiger partial charge in [0.05, 0.1) is 18.4 Å². The fraction of sp³-hybridized carbons (Fsp3) is 0.200. The Bertz CT molecular complexity index is 656. The van der Waals surface area contributed by atoms with E-state index in [0.29, 0.717) is 22.8 Å². The molecule has 0 aliphatic rings. The van der Waals surface area contributed by atoms with E-state index in [1.54, 1.807) is 7.11 Å². The second-order valence-corrected chi connectivity index (χ2v) is 4.78. The van der Waals surface area contributed by atoms with Gasteiger partial charge in [-0.05, 0) is 26.0 Å². The number of aryl methyl sites for hydroxylation is 2. The second kappa shape index (κ2) is 5.88. The highest BCUT2D eigenvalue weighted by Gasteiger charge is 2.14. The van der Waals surface area contributed by atoms with Gasteiger partial charge in [-0.25, -0.2) is 0 Å². The van der Waals surface area contributed by atoms with Crippen LogP contribution in [-0.4, -0.2) is 17.1 Å². The van der Waals surface area contributed by atoms with Crippen LogP contribution < -0.4 is 15.2 Å². The largest absolute Gasteiger partial charge is 0.493 e. The summed E-state index contributed by atoms with van der Waals surface area (Å²) in [6, 6.07) is 9.22. The Hall–Kier alpha value is -2.14. The highest BCUT2D eigenvalue weighted by Crippen LogP contribution is 2.33. The molecular formula is C15H16N2O2S. The smallest absolute Gasteiger partial charge is 0.169 e. The number of benzene rings is 1. The number of methoxy groups -OCH3 is 1. The molecule has 0 saturated carbocycles. The van der Waals surface area contributed by atoms with Crippen LogP contribution in [0.2, 0.25) is 0 Å². The van der Waals surface area contributed by atoms with Crippen LogP contribution in [0, 0.1) is 13.8 Å². The molecule has 1 aromatic heterocycles. The van der Waals surface area contributed by atoms with E-state index in [-0.39, 0.29) is 4.99 Å². The first kappa shape index (κ1) is 14.3. The highest BCUT2D eigenvalue weighted by atomic mass is 32.1. The van der Waals surface area contributed by atoms with Crippen molar-refractivity contribution >= 4 is 17.2 Å². The number of rotatable bonds is 4. The summed E-state index contributed by atoms with van der Waals surface area (Å²) in [4.78, 5) is 4.62. The lowest BCUT2D eigenvalue weighted by molar-refractivity contribution is 0.378. The number of thiocarbonyl (C=S) groups is 1. The van der Waals surface area contributed by atoms with E-state index in [2.05, 4.69) is 4.98 Å². The van der Waals surface area contributed by atoms with Crippen molar-refractivity contribution in [3.8, 4) is 17.2 Å². The Morgan fingerprint density at radius 2 is 1.80 bits per heavy atom. The number of nitrogens with zero attached hydrogens (tertiary/aromatic N) is 1. The van der Waals surface area contributed by atoms with Crippen molar-refractivity contribution in [1.29, 1.82) is 0 Å². The molecule has 0 bridgehead atoms. The molecule has 0 saturated heterocycles. The van der Waals surface area contributed by atoms with Crippen molar-refractivity contribution in [3.05, 3.63) is 47.3 Å². The van der Waals surface area contributed by atoms with E-state index in [1.165, 1.54) is 0 Å². The molecule has 2 N–H and O–H groups in total. The number of pyridine rings is 1. The fourth-order valence-corrected chi connectivity index (χ4v) is 2.24. The first-order valence-electron chi connectivity index (χ1n) is 6.12. The van der Waals surface area contributed by atoms with Gasteiger partial charge in [-0.3, -0.25) is 4.98 Å². The first-order chi connectivity index (χ1) is 9.52. The Labute approximate surface area is 123 Å². The van der Waals surface area contributed by atoms with Crippen molar-refractivity contribution in [2.24, 2.45) is 5.73 Å². The van der Waals surface area contributed by atoms with Gasteiger partial charge in [0.15, 0.2) is 11.5 Å². The van der Waals surface area contributed by atoms with Gasteiger partial charge in [-0.15, -0.1) is 0 Å². The third-order valence-electron chi connectivity index (χ3n) is 2.83. The molecule has 2 rings (SSSR count). The fourth-order valence-electron chi connectivity index (χ4n) is 1.99. The van der Waals surface area contributed by atoms with Crippen LogP contribution in [-0.2, 0) is 0 Å². The number of aromatic nitrogens is 1. The molecule has 0 atom stereocenters. The summed E-state index contributed by atoms with van der Waals surface area (Å²) in [5.41, 5.74) is 8.01. The lowest BCUT2D eigenvalue weighted by Gasteiger charge is -2.15. The Morgan fingerprint density at radius 3 is 2.40 bits per heavy atom. The Morgan fingerprint density at radius 1 is 1.15 bits per heavy atom. The van der Waals surface area contributed by atoms with E-state index >= 15 is 0 Å². The molecule has 0 fully saturated rings. The summed E-state index contributed by atoms with van der Waals surface area (Å²) in [6.45, 7) is 3.75. The number of ether oxygens (including phenoxy) is 2. The van der Waals surface area contributed by atoms with Crippen LogP contribution >= 0.6 is 12.2 Å². The maximum absolute atomic E-state index is 5.92.